The number of anilines is 1. The molecule has 22 heavy (non-hydrogen) atoms. The molecule has 0 bridgehead atoms. The Balaban J connectivity index is 2.57. The van der Waals surface area contributed by atoms with Gasteiger partial charge in [0.25, 0.3) is 0 Å². The highest BCUT2D eigenvalue weighted by atomic mass is 127. The average molecular weight is 421 g/mol. The maximum absolute atomic E-state index is 13.6. The highest BCUT2D eigenvalue weighted by Gasteiger charge is 2.32. The molecule has 6 nitrogen and oxygen atoms in total. The first-order valence-electron chi connectivity index (χ1n) is 6.19. The molecule has 0 saturated carbocycles. The number of esters is 2. The molecule has 0 N–H and O–H groups in total. The summed E-state index contributed by atoms with van der Waals surface area (Å²) in [4.78, 5) is 25.3. The molecule has 0 saturated heterocycles. The standard InChI is InChI=1S/C14H13FINO5/c1-20-13(18)11-6-22-7-17(12(11)14(19)21-2)10-4-8(15)3-9(16)5-10/h3-5H,6-7H2,1-2H3. The molecule has 0 fully saturated rings. The predicted molar refractivity (Wildman–Crippen MR) is 83.5 cm³/mol. The third kappa shape index (κ3) is 3.38. The van der Waals surface area contributed by atoms with E-state index in [1.54, 1.807) is 6.07 Å². The fourth-order valence-electron chi connectivity index (χ4n) is 2.04. The zero-order chi connectivity index (χ0) is 16.3. The van der Waals surface area contributed by atoms with Gasteiger partial charge in [-0.2, -0.15) is 0 Å². The molecule has 2 rings (SSSR count). The lowest BCUT2D eigenvalue weighted by molar-refractivity contribution is -0.140. The maximum atomic E-state index is 13.6. The lowest BCUT2D eigenvalue weighted by Gasteiger charge is -2.31. The van der Waals surface area contributed by atoms with Crippen LogP contribution < -0.4 is 4.90 Å². The highest BCUT2D eigenvalue weighted by molar-refractivity contribution is 14.1. The van der Waals surface area contributed by atoms with Crippen molar-refractivity contribution >= 4 is 40.2 Å². The second kappa shape index (κ2) is 7.05. The molecule has 1 aromatic rings. The van der Waals surface area contributed by atoms with Gasteiger partial charge >= 0.3 is 11.9 Å². The van der Waals surface area contributed by atoms with Crippen molar-refractivity contribution in [3.8, 4) is 0 Å². The van der Waals surface area contributed by atoms with Crippen LogP contribution in [0.3, 0.4) is 0 Å². The largest absolute Gasteiger partial charge is 0.466 e. The fraction of sp³-hybridized carbons (Fsp3) is 0.286. The minimum Gasteiger partial charge on any atom is -0.466 e. The van der Waals surface area contributed by atoms with E-state index in [4.69, 9.17) is 9.47 Å². The number of carbonyl (C=O) groups excluding carboxylic acids is 2. The first-order valence-corrected chi connectivity index (χ1v) is 7.27. The van der Waals surface area contributed by atoms with Gasteiger partial charge in [-0.25, -0.2) is 14.0 Å². The highest BCUT2D eigenvalue weighted by Crippen LogP contribution is 2.28. The van der Waals surface area contributed by atoms with Crippen molar-refractivity contribution in [1.29, 1.82) is 0 Å². The smallest absolute Gasteiger partial charge is 0.355 e. The number of hydrogen-bond donors (Lipinski definition) is 0. The minimum absolute atomic E-state index is 0.00946. The van der Waals surface area contributed by atoms with Gasteiger partial charge in [0.05, 0.1) is 26.4 Å². The van der Waals surface area contributed by atoms with Crippen LogP contribution in [0.4, 0.5) is 10.1 Å². The molecule has 0 atom stereocenters. The summed E-state index contributed by atoms with van der Waals surface area (Å²) >= 11 is 1.96. The second-order valence-electron chi connectivity index (χ2n) is 4.34. The Hall–Kier alpha value is -1.68. The van der Waals surface area contributed by atoms with Gasteiger partial charge in [0, 0.05) is 9.26 Å². The van der Waals surface area contributed by atoms with E-state index in [2.05, 4.69) is 4.74 Å². The quantitative estimate of drug-likeness (QED) is 0.548. The molecule has 8 heteroatoms. The monoisotopic (exact) mass is 421 g/mol. The Morgan fingerprint density at radius 1 is 1.23 bits per heavy atom. The van der Waals surface area contributed by atoms with Gasteiger partial charge in [-0.05, 0) is 40.8 Å². The molecule has 1 heterocycles. The van der Waals surface area contributed by atoms with Crippen LogP contribution in [0.25, 0.3) is 0 Å². The molecule has 0 spiro atoms. The summed E-state index contributed by atoms with van der Waals surface area (Å²) in [6.45, 7) is -0.0928. The molecule has 0 amide bonds. The first-order chi connectivity index (χ1) is 10.5. The van der Waals surface area contributed by atoms with Crippen molar-refractivity contribution in [3.63, 3.8) is 0 Å². The summed E-state index contributed by atoms with van der Waals surface area (Å²) in [6.07, 6.45) is 0. The molecule has 0 aliphatic carbocycles. The fourth-order valence-corrected chi connectivity index (χ4v) is 2.66. The van der Waals surface area contributed by atoms with Gasteiger partial charge < -0.3 is 19.1 Å². The van der Waals surface area contributed by atoms with Gasteiger partial charge in [0.2, 0.25) is 0 Å². The molecular weight excluding hydrogens is 408 g/mol. The molecule has 1 aliphatic heterocycles. The maximum Gasteiger partial charge on any atom is 0.355 e. The van der Waals surface area contributed by atoms with Gasteiger partial charge in [0.1, 0.15) is 18.2 Å². The number of benzene rings is 1. The molecule has 1 aromatic carbocycles. The van der Waals surface area contributed by atoms with Crippen molar-refractivity contribution in [1.82, 2.24) is 0 Å². The van der Waals surface area contributed by atoms with Crippen LogP contribution in [0.1, 0.15) is 0 Å². The number of carbonyl (C=O) groups is 2. The number of hydrogen-bond acceptors (Lipinski definition) is 6. The van der Waals surface area contributed by atoms with Crippen LogP contribution in [-0.2, 0) is 23.8 Å². The summed E-state index contributed by atoms with van der Waals surface area (Å²) < 4.78 is 29.0. The Bertz CT molecular complexity index is 626. The number of ether oxygens (including phenoxy) is 3. The summed E-state index contributed by atoms with van der Waals surface area (Å²) in [5, 5.41) is 0. The van der Waals surface area contributed by atoms with E-state index in [1.165, 1.54) is 31.3 Å². The summed E-state index contributed by atoms with van der Waals surface area (Å²) in [6, 6.07) is 4.25. The predicted octanol–water partition coefficient (Wildman–Crippen LogP) is 1.82. The lowest BCUT2D eigenvalue weighted by atomic mass is 10.1. The SMILES string of the molecule is COC(=O)C1=C(C(=O)OC)N(c2cc(F)cc(I)c2)COC1. The van der Waals surface area contributed by atoms with Crippen molar-refractivity contribution < 1.29 is 28.2 Å². The molecule has 118 valence electrons. The topological polar surface area (TPSA) is 65.1 Å². The van der Waals surface area contributed by atoms with E-state index in [-0.39, 0.29) is 24.6 Å². The van der Waals surface area contributed by atoms with Crippen LogP contribution in [0.5, 0.6) is 0 Å². The Kier molecular flexibility index (Phi) is 5.35. The Labute approximate surface area is 140 Å². The third-order valence-electron chi connectivity index (χ3n) is 2.99. The van der Waals surface area contributed by atoms with Gasteiger partial charge in [-0.15, -0.1) is 0 Å². The molecule has 0 unspecified atom stereocenters. The summed E-state index contributed by atoms with van der Waals surface area (Å²) in [7, 11) is 2.40. The average Bonchev–Trinajstić information content (AvgIpc) is 2.51. The first kappa shape index (κ1) is 16.7. The summed E-state index contributed by atoms with van der Waals surface area (Å²) in [5.74, 6) is -1.88. The van der Waals surface area contributed by atoms with Crippen LogP contribution >= 0.6 is 22.6 Å². The number of methoxy groups -OCH3 is 2. The van der Waals surface area contributed by atoms with E-state index in [0.717, 1.165) is 0 Å². The Morgan fingerprint density at radius 2 is 1.91 bits per heavy atom. The van der Waals surface area contributed by atoms with Gasteiger partial charge in [0.15, 0.2) is 0 Å². The number of rotatable bonds is 3. The molecule has 0 radical (unpaired) electrons. The van der Waals surface area contributed by atoms with Crippen LogP contribution in [0.15, 0.2) is 29.5 Å². The zero-order valence-electron chi connectivity index (χ0n) is 11.9. The normalized spacial score (nSPS) is 14.8. The van der Waals surface area contributed by atoms with Crippen molar-refractivity contribution in [2.75, 3.05) is 32.5 Å². The van der Waals surface area contributed by atoms with Gasteiger partial charge in [-0.1, -0.05) is 0 Å². The van der Waals surface area contributed by atoms with Crippen LogP contribution in [-0.4, -0.2) is 39.5 Å². The minimum atomic E-state index is -0.719. The van der Waals surface area contributed by atoms with E-state index in [1.807, 2.05) is 22.6 Å². The molecule has 1 aliphatic rings. The van der Waals surface area contributed by atoms with Crippen LogP contribution in [0, 0.1) is 9.39 Å². The summed E-state index contributed by atoms with van der Waals surface area (Å²) in [5.41, 5.74) is 0.396. The second-order valence-corrected chi connectivity index (χ2v) is 5.59. The van der Waals surface area contributed by atoms with Crippen molar-refractivity contribution in [2.24, 2.45) is 0 Å². The van der Waals surface area contributed by atoms with E-state index >= 15 is 0 Å². The van der Waals surface area contributed by atoms with Crippen LogP contribution in [0.2, 0.25) is 0 Å². The third-order valence-corrected chi connectivity index (χ3v) is 3.61. The Morgan fingerprint density at radius 3 is 2.50 bits per heavy atom. The van der Waals surface area contributed by atoms with E-state index < -0.39 is 17.8 Å². The van der Waals surface area contributed by atoms with Gasteiger partial charge in [-0.3, -0.25) is 0 Å². The van der Waals surface area contributed by atoms with E-state index in [0.29, 0.717) is 9.26 Å². The molecule has 0 aromatic heterocycles. The van der Waals surface area contributed by atoms with E-state index in [9.17, 15) is 14.0 Å². The number of halogens is 2. The lowest BCUT2D eigenvalue weighted by Crippen LogP contribution is -2.38. The molecular formula is C14H13FINO5. The van der Waals surface area contributed by atoms with Crippen molar-refractivity contribution in [3.05, 3.63) is 38.9 Å². The zero-order valence-corrected chi connectivity index (χ0v) is 14.0. The van der Waals surface area contributed by atoms with Crippen molar-refractivity contribution in [2.45, 2.75) is 0 Å². The number of nitrogens with zero attached hydrogens (tertiary/aromatic N) is 1.